The molecule has 4 aromatic rings. The fourth-order valence-electron chi connectivity index (χ4n) is 3.13. The molecular formula is C23H18Cl2N4O4S. The molecule has 0 saturated heterocycles. The van der Waals surface area contributed by atoms with Gasteiger partial charge in [0.15, 0.2) is 0 Å². The lowest BCUT2D eigenvalue weighted by Crippen LogP contribution is -2.17. The Morgan fingerprint density at radius 3 is 2.32 bits per heavy atom. The number of nitrogens with zero attached hydrogens (tertiary/aromatic N) is 2. The molecule has 0 unspecified atom stereocenters. The highest BCUT2D eigenvalue weighted by atomic mass is 35.5. The largest absolute Gasteiger partial charge is 0.506 e. The van der Waals surface area contributed by atoms with E-state index in [-0.39, 0.29) is 26.9 Å². The average molecular weight is 517 g/mol. The summed E-state index contributed by atoms with van der Waals surface area (Å²) < 4.78 is 29.0. The molecule has 0 amide bonds. The van der Waals surface area contributed by atoms with Crippen LogP contribution in [-0.2, 0) is 10.0 Å². The molecule has 34 heavy (non-hydrogen) atoms. The standard InChI is InChI=1S/C23H18Cl2N4O4S/c1-14-20(23(31)29(27-14)18-7-2-15(24)3-8-18)13-26-17-5-9-19(10-6-17)34(32,33)28-21-12-16(25)4-11-22(21)30/h2-13,27-28,30H,1H3. The van der Waals surface area contributed by atoms with Gasteiger partial charge in [-0.25, -0.2) is 13.1 Å². The van der Waals surface area contributed by atoms with Crippen molar-refractivity contribution in [1.82, 2.24) is 9.78 Å². The lowest BCUT2D eigenvalue weighted by Gasteiger charge is -2.10. The number of hydrogen-bond donors (Lipinski definition) is 3. The number of aromatic nitrogens is 2. The number of aromatic amines is 1. The molecule has 0 spiro atoms. The Labute approximate surface area is 205 Å². The molecule has 4 rings (SSSR count). The lowest BCUT2D eigenvalue weighted by atomic mass is 10.2. The van der Waals surface area contributed by atoms with Gasteiger partial charge in [0, 0.05) is 22.0 Å². The molecule has 3 N–H and O–H groups in total. The summed E-state index contributed by atoms with van der Waals surface area (Å²) in [5.74, 6) is -0.250. The quantitative estimate of drug-likeness (QED) is 0.246. The Bertz CT molecular complexity index is 1540. The number of H-pyrrole nitrogens is 1. The third kappa shape index (κ3) is 5.01. The van der Waals surface area contributed by atoms with E-state index >= 15 is 0 Å². The van der Waals surface area contributed by atoms with E-state index in [0.29, 0.717) is 27.7 Å². The van der Waals surface area contributed by atoms with Crippen LogP contribution >= 0.6 is 23.2 Å². The second kappa shape index (κ2) is 9.38. The van der Waals surface area contributed by atoms with Crippen LogP contribution in [-0.4, -0.2) is 29.5 Å². The SMILES string of the molecule is Cc1[nH]n(-c2ccc(Cl)cc2)c(=O)c1C=Nc1ccc(S(=O)(=O)Nc2cc(Cl)ccc2O)cc1. The van der Waals surface area contributed by atoms with Crippen LogP contribution in [0.1, 0.15) is 11.3 Å². The highest BCUT2D eigenvalue weighted by Crippen LogP contribution is 2.29. The van der Waals surface area contributed by atoms with Gasteiger partial charge in [0.25, 0.3) is 15.6 Å². The first-order valence-corrected chi connectivity index (χ1v) is 12.1. The zero-order valence-corrected chi connectivity index (χ0v) is 20.0. The van der Waals surface area contributed by atoms with Crippen molar-refractivity contribution in [2.75, 3.05) is 4.72 Å². The average Bonchev–Trinajstić information content (AvgIpc) is 3.08. The number of anilines is 1. The number of nitrogens with one attached hydrogen (secondary N) is 2. The first-order valence-electron chi connectivity index (χ1n) is 9.87. The molecular weight excluding hydrogens is 499 g/mol. The van der Waals surface area contributed by atoms with Gasteiger partial charge in [-0.1, -0.05) is 23.2 Å². The number of halogens is 2. The van der Waals surface area contributed by atoms with Gasteiger partial charge >= 0.3 is 0 Å². The van der Waals surface area contributed by atoms with Crippen molar-refractivity contribution >= 4 is 50.8 Å². The molecule has 8 nitrogen and oxygen atoms in total. The predicted molar refractivity (Wildman–Crippen MR) is 134 cm³/mol. The topological polar surface area (TPSA) is 117 Å². The van der Waals surface area contributed by atoms with Crippen LogP contribution in [0.25, 0.3) is 5.69 Å². The number of aryl methyl sites for hydroxylation is 1. The fourth-order valence-corrected chi connectivity index (χ4v) is 4.49. The van der Waals surface area contributed by atoms with Crippen LogP contribution in [0.2, 0.25) is 10.0 Å². The fraction of sp³-hybridized carbons (Fsp3) is 0.0435. The third-order valence-corrected chi connectivity index (χ3v) is 6.76. The van der Waals surface area contributed by atoms with Gasteiger partial charge in [-0.15, -0.1) is 0 Å². The van der Waals surface area contributed by atoms with Gasteiger partial charge in [-0.2, -0.15) is 0 Å². The Morgan fingerprint density at radius 2 is 1.65 bits per heavy atom. The molecule has 174 valence electrons. The second-order valence-corrected chi connectivity index (χ2v) is 9.84. The van der Waals surface area contributed by atoms with Crippen molar-refractivity contribution in [3.8, 4) is 11.4 Å². The van der Waals surface area contributed by atoms with Crippen molar-refractivity contribution in [1.29, 1.82) is 0 Å². The molecule has 0 radical (unpaired) electrons. The van der Waals surface area contributed by atoms with E-state index in [1.165, 1.54) is 53.4 Å². The molecule has 0 fully saturated rings. The summed E-state index contributed by atoms with van der Waals surface area (Å²) in [5.41, 5.74) is 1.74. The van der Waals surface area contributed by atoms with Gasteiger partial charge in [0.2, 0.25) is 0 Å². The Kier molecular flexibility index (Phi) is 6.52. The molecule has 11 heteroatoms. The Balaban J connectivity index is 1.55. The number of sulfonamides is 1. The van der Waals surface area contributed by atoms with Crippen molar-refractivity contribution in [2.45, 2.75) is 11.8 Å². The van der Waals surface area contributed by atoms with E-state index in [4.69, 9.17) is 23.2 Å². The number of benzene rings is 3. The van der Waals surface area contributed by atoms with Crippen molar-refractivity contribution in [3.05, 3.63) is 98.4 Å². The highest BCUT2D eigenvalue weighted by Gasteiger charge is 2.16. The summed E-state index contributed by atoms with van der Waals surface area (Å²) >= 11 is 11.8. The minimum atomic E-state index is -3.97. The normalized spacial score (nSPS) is 11.7. The maximum atomic E-state index is 12.8. The smallest absolute Gasteiger partial charge is 0.280 e. The third-order valence-electron chi connectivity index (χ3n) is 4.89. The summed E-state index contributed by atoms with van der Waals surface area (Å²) in [6, 6.07) is 16.6. The monoisotopic (exact) mass is 516 g/mol. The first kappa shape index (κ1) is 23.6. The van der Waals surface area contributed by atoms with E-state index < -0.39 is 10.0 Å². The van der Waals surface area contributed by atoms with E-state index in [9.17, 15) is 18.3 Å². The molecule has 3 aromatic carbocycles. The van der Waals surface area contributed by atoms with Crippen LogP contribution < -0.4 is 10.3 Å². The molecule has 0 saturated carbocycles. The molecule has 0 aliphatic heterocycles. The Morgan fingerprint density at radius 1 is 1.00 bits per heavy atom. The predicted octanol–water partition coefficient (Wildman–Crippen LogP) is 5.04. The lowest BCUT2D eigenvalue weighted by molar-refractivity contribution is 0.477. The van der Waals surface area contributed by atoms with E-state index in [0.717, 1.165) is 0 Å². The number of phenols is 1. The van der Waals surface area contributed by atoms with Crippen LogP contribution in [0.5, 0.6) is 5.75 Å². The zero-order valence-electron chi connectivity index (χ0n) is 17.7. The van der Waals surface area contributed by atoms with Crippen LogP contribution in [0.4, 0.5) is 11.4 Å². The van der Waals surface area contributed by atoms with Crippen molar-refractivity contribution in [2.24, 2.45) is 4.99 Å². The number of phenolic OH excluding ortho intramolecular Hbond substituents is 1. The summed E-state index contributed by atoms with van der Waals surface area (Å²) in [6.45, 7) is 1.75. The number of hydrogen-bond acceptors (Lipinski definition) is 5. The van der Waals surface area contributed by atoms with Gasteiger partial charge in [-0.05, 0) is 73.7 Å². The van der Waals surface area contributed by atoms with E-state index in [1.54, 1.807) is 31.2 Å². The number of rotatable bonds is 6. The van der Waals surface area contributed by atoms with Crippen LogP contribution in [0.15, 0.2) is 81.4 Å². The van der Waals surface area contributed by atoms with E-state index in [1.807, 2.05) is 0 Å². The van der Waals surface area contributed by atoms with Crippen molar-refractivity contribution < 1.29 is 13.5 Å². The summed E-state index contributed by atoms with van der Waals surface area (Å²) in [7, 11) is -3.97. The summed E-state index contributed by atoms with van der Waals surface area (Å²) in [6.07, 6.45) is 1.42. The number of aliphatic imine (C=N–C) groups is 1. The highest BCUT2D eigenvalue weighted by molar-refractivity contribution is 7.92. The zero-order chi connectivity index (χ0) is 24.5. The van der Waals surface area contributed by atoms with Gasteiger partial charge in [0.05, 0.1) is 27.5 Å². The molecule has 0 aliphatic carbocycles. The van der Waals surface area contributed by atoms with Gasteiger partial charge in [0.1, 0.15) is 5.75 Å². The Hall–Kier alpha value is -3.53. The van der Waals surface area contributed by atoms with Crippen molar-refractivity contribution in [3.63, 3.8) is 0 Å². The number of aromatic hydroxyl groups is 1. The van der Waals surface area contributed by atoms with E-state index in [2.05, 4.69) is 14.8 Å². The van der Waals surface area contributed by atoms with Crippen LogP contribution in [0, 0.1) is 6.92 Å². The maximum Gasteiger partial charge on any atom is 0.280 e. The maximum absolute atomic E-state index is 12.8. The second-order valence-electron chi connectivity index (χ2n) is 7.29. The molecule has 0 aliphatic rings. The van der Waals surface area contributed by atoms with Crippen LogP contribution in [0.3, 0.4) is 0 Å². The van der Waals surface area contributed by atoms with Gasteiger partial charge < -0.3 is 5.11 Å². The minimum absolute atomic E-state index is 0.0329. The molecule has 1 heterocycles. The summed E-state index contributed by atoms with van der Waals surface area (Å²) in [5, 5.41) is 13.7. The first-order chi connectivity index (χ1) is 16.1. The molecule has 0 bridgehead atoms. The molecule has 0 atom stereocenters. The summed E-state index contributed by atoms with van der Waals surface area (Å²) in [4.78, 5) is 17.1. The van der Waals surface area contributed by atoms with Gasteiger partial charge in [-0.3, -0.25) is 19.6 Å². The molecule has 1 aromatic heterocycles. The minimum Gasteiger partial charge on any atom is -0.506 e.